The van der Waals surface area contributed by atoms with Gasteiger partial charge in [0.2, 0.25) is 11.8 Å². The van der Waals surface area contributed by atoms with Crippen LogP contribution in [0.25, 0.3) is 11.3 Å². The lowest BCUT2D eigenvalue weighted by Crippen LogP contribution is -2.38. The summed E-state index contributed by atoms with van der Waals surface area (Å²) in [7, 11) is 1.76. The molecule has 6 nitrogen and oxygen atoms in total. The van der Waals surface area contributed by atoms with Crippen LogP contribution in [0, 0.1) is 5.92 Å². The Morgan fingerprint density at radius 1 is 1.19 bits per heavy atom. The summed E-state index contributed by atoms with van der Waals surface area (Å²) in [6.45, 7) is 1.10. The topological polar surface area (TPSA) is 66.7 Å². The molecule has 0 aliphatic carbocycles. The third-order valence-electron chi connectivity index (χ3n) is 5.57. The minimum Gasteiger partial charge on any atom is -0.361 e. The second-order valence-electron chi connectivity index (χ2n) is 7.69. The molecule has 1 atom stereocenters. The number of halogens is 1. The molecule has 0 spiro atoms. The minimum absolute atomic E-state index is 0.123. The van der Waals surface area contributed by atoms with Crippen molar-refractivity contribution in [2.24, 2.45) is 5.92 Å². The van der Waals surface area contributed by atoms with Gasteiger partial charge in [-0.3, -0.25) is 9.59 Å². The summed E-state index contributed by atoms with van der Waals surface area (Å²) in [6.07, 6.45) is 1.95. The normalized spacial score (nSPS) is 16.0. The van der Waals surface area contributed by atoms with E-state index in [0.717, 1.165) is 33.6 Å². The van der Waals surface area contributed by atoms with Crippen molar-refractivity contribution in [1.82, 2.24) is 10.1 Å². The molecule has 1 aromatic heterocycles. The predicted molar refractivity (Wildman–Crippen MR) is 122 cm³/mol. The third-order valence-corrected chi connectivity index (χ3v) is 6.24. The molecule has 31 heavy (non-hydrogen) atoms. The lowest BCUT2D eigenvalue weighted by Gasteiger charge is -2.21. The summed E-state index contributed by atoms with van der Waals surface area (Å²) in [5, 5.41) is 4.13. The van der Waals surface area contributed by atoms with Crippen LogP contribution in [0.2, 0.25) is 0 Å². The first-order chi connectivity index (χ1) is 15.0. The molecular weight excluding hydrogens is 458 g/mol. The number of carbonyl (C=O) groups is 2. The summed E-state index contributed by atoms with van der Waals surface area (Å²) in [5.74, 6) is -0.0857. The fraction of sp³-hybridized carbons (Fsp3) is 0.292. The van der Waals surface area contributed by atoms with Crippen molar-refractivity contribution in [3.8, 4) is 11.3 Å². The van der Waals surface area contributed by atoms with Gasteiger partial charge < -0.3 is 14.3 Å². The van der Waals surface area contributed by atoms with Crippen LogP contribution in [0.15, 0.2) is 69.7 Å². The lowest BCUT2D eigenvalue weighted by molar-refractivity contribution is -0.138. The van der Waals surface area contributed by atoms with E-state index in [-0.39, 0.29) is 11.8 Å². The smallest absolute Gasteiger partial charge is 0.239 e. The summed E-state index contributed by atoms with van der Waals surface area (Å²) >= 11 is 3.49. The van der Waals surface area contributed by atoms with Gasteiger partial charge in [0.25, 0.3) is 0 Å². The van der Waals surface area contributed by atoms with E-state index >= 15 is 0 Å². The van der Waals surface area contributed by atoms with Gasteiger partial charge in [-0.15, -0.1) is 0 Å². The molecule has 1 fully saturated rings. The number of rotatable bonds is 7. The van der Waals surface area contributed by atoms with E-state index in [2.05, 4.69) is 21.1 Å². The molecule has 4 rings (SSSR count). The Morgan fingerprint density at radius 2 is 1.94 bits per heavy atom. The number of hydrogen-bond acceptors (Lipinski definition) is 4. The van der Waals surface area contributed by atoms with E-state index in [1.807, 2.05) is 60.7 Å². The summed E-state index contributed by atoms with van der Waals surface area (Å²) in [5.41, 5.74) is 2.63. The van der Waals surface area contributed by atoms with Gasteiger partial charge in [0.1, 0.15) is 17.4 Å². The second kappa shape index (κ2) is 9.47. The number of aromatic nitrogens is 1. The molecule has 2 aromatic carbocycles. The highest BCUT2D eigenvalue weighted by Gasteiger charge is 2.39. The molecule has 2 heterocycles. The van der Waals surface area contributed by atoms with Crippen LogP contribution in [0.5, 0.6) is 0 Å². The van der Waals surface area contributed by atoms with E-state index in [1.165, 1.54) is 0 Å². The van der Waals surface area contributed by atoms with E-state index < -0.39 is 5.92 Å². The molecule has 1 aliphatic rings. The van der Waals surface area contributed by atoms with Gasteiger partial charge >= 0.3 is 0 Å². The van der Waals surface area contributed by atoms with E-state index in [9.17, 15) is 9.59 Å². The molecule has 3 aromatic rings. The van der Waals surface area contributed by atoms with E-state index in [4.69, 9.17) is 4.52 Å². The van der Waals surface area contributed by atoms with Gasteiger partial charge in [-0.1, -0.05) is 47.6 Å². The number of anilines is 1. The first-order valence-electron chi connectivity index (χ1n) is 10.4. The Hall–Kier alpha value is -2.93. The average Bonchev–Trinajstić information content (AvgIpc) is 3.41. The molecule has 2 amide bonds. The van der Waals surface area contributed by atoms with Crippen molar-refractivity contribution in [3.63, 3.8) is 0 Å². The maximum atomic E-state index is 12.9. The van der Waals surface area contributed by atoms with Gasteiger partial charge in [-0.25, -0.2) is 0 Å². The zero-order valence-corrected chi connectivity index (χ0v) is 18.9. The number of amides is 2. The minimum atomic E-state index is -0.618. The van der Waals surface area contributed by atoms with Crippen LogP contribution < -0.4 is 4.90 Å². The molecule has 0 saturated carbocycles. The number of hydrogen-bond donors (Lipinski definition) is 0. The van der Waals surface area contributed by atoms with Crippen molar-refractivity contribution >= 4 is 33.4 Å². The Kier molecular flexibility index (Phi) is 6.51. The van der Waals surface area contributed by atoms with Crippen LogP contribution in [0.3, 0.4) is 0 Å². The lowest BCUT2D eigenvalue weighted by atomic mass is 10.1. The fourth-order valence-corrected chi connectivity index (χ4v) is 4.36. The van der Waals surface area contributed by atoms with Crippen molar-refractivity contribution in [1.29, 1.82) is 0 Å². The van der Waals surface area contributed by atoms with Gasteiger partial charge in [0, 0.05) is 42.7 Å². The van der Waals surface area contributed by atoms with Gasteiger partial charge in [0.15, 0.2) is 0 Å². The molecule has 1 unspecified atom stereocenters. The standard InChI is InChI=1S/C24H24BrN3O3/c1-27(14-7-10-18-16-21(26-31-18)17-8-3-2-4-9-17)23(29)19-13-15-28(24(19)30)22-12-6-5-11-20(22)25/h2-6,8-9,11-12,16,19H,7,10,13-15H2,1H3. The Balaban J connectivity index is 1.30. The Labute approximate surface area is 189 Å². The molecule has 7 heteroatoms. The molecule has 1 saturated heterocycles. The van der Waals surface area contributed by atoms with Crippen molar-refractivity contribution in [3.05, 3.63) is 70.9 Å². The zero-order chi connectivity index (χ0) is 21.8. The largest absolute Gasteiger partial charge is 0.361 e. The monoisotopic (exact) mass is 481 g/mol. The summed E-state index contributed by atoms with van der Waals surface area (Å²) < 4.78 is 6.29. The summed E-state index contributed by atoms with van der Waals surface area (Å²) in [6, 6.07) is 19.4. The van der Waals surface area contributed by atoms with Crippen molar-refractivity contribution in [2.45, 2.75) is 19.3 Å². The first-order valence-corrected chi connectivity index (χ1v) is 11.2. The second-order valence-corrected chi connectivity index (χ2v) is 8.54. The first kappa shape index (κ1) is 21.3. The van der Waals surface area contributed by atoms with Crippen LogP contribution in [-0.2, 0) is 16.0 Å². The highest BCUT2D eigenvalue weighted by atomic mass is 79.9. The fourth-order valence-electron chi connectivity index (χ4n) is 3.86. The summed E-state index contributed by atoms with van der Waals surface area (Å²) in [4.78, 5) is 29.1. The highest BCUT2D eigenvalue weighted by Crippen LogP contribution is 2.32. The van der Waals surface area contributed by atoms with Crippen molar-refractivity contribution in [2.75, 3.05) is 25.0 Å². The van der Waals surface area contributed by atoms with Crippen LogP contribution in [0.1, 0.15) is 18.6 Å². The SMILES string of the molecule is CN(CCCc1cc(-c2ccccc2)no1)C(=O)C1CCN(c2ccccc2Br)C1=O. The number of para-hydroxylation sites is 1. The van der Waals surface area contributed by atoms with Crippen LogP contribution in [-0.4, -0.2) is 42.0 Å². The van der Waals surface area contributed by atoms with E-state index in [1.54, 1.807) is 16.8 Å². The maximum Gasteiger partial charge on any atom is 0.239 e. The van der Waals surface area contributed by atoms with E-state index in [0.29, 0.717) is 25.9 Å². The van der Waals surface area contributed by atoms with Gasteiger partial charge in [-0.05, 0) is 40.9 Å². The third kappa shape index (κ3) is 4.71. The van der Waals surface area contributed by atoms with Crippen LogP contribution >= 0.6 is 15.9 Å². The quantitative estimate of drug-likeness (QED) is 0.464. The molecule has 0 radical (unpaired) electrons. The Morgan fingerprint density at radius 3 is 2.71 bits per heavy atom. The molecular formula is C24H24BrN3O3. The molecule has 0 bridgehead atoms. The number of aryl methyl sites for hydroxylation is 1. The van der Waals surface area contributed by atoms with Gasteiger partial charge in [-0.2, -0.15) is 0 Å². The number of carbonyl (C=O) groups excluding carboxylic acids is 2. The molecule has 1 aliphatic heterocycles. The predicted octanol–water partition coefficient (Wildman–Crippen LogP) is 4.55. The highest BCUT2D eigenvalue weighted by molar-refractivity contribution is 9.10. The van der Waals surface area contributed by atoms with Gasteiger partial charge in [0.05, 0.1) is 5.69 Å². The molecule has 160 valence electrons. The van der Waals surface area contributed by atoms with Crippen LogP contribution in [0.4, 0.5) is 5.69 Å². The number of nitrogens with zero attached hydrogens (tertiary/aromatic N) is 3. The maximum absolute atomic E-state index is 12.9. The van der Waals surface area contributed by atoms with Crippen molar-refractivity contribution < 1.29 is 14.1 Å². The average molecular weight is 482 g/mol. The molecule has 0 N–H and O–H groups in total. The zero-order valence-electron chi connectivity index (χ0n) is 17.3. The Bertz CT molecular complexity index is 1070. The number of benzene rings is 2.